The number of methoxy groups -OCH3 is 1. The Bertz CT molecular complexity index is 2020. The summed E-state index contributed by atoms with van der Waals surface area (Å²) in [6.07, 6.45) is 0. The van der Waals surface area contributed by atoms with Gasteiger partial charge in [-0.05, 0) is 35.3 Å². The summed E-state index contributed by atoms with van der Waals surface area (Å²) < 4.78 is 5.47. The molecule has 5 aromatic rings. The van der Waals surface area contributed by atoms with E-state index in [1.165, 1.54) is 7.11 Å². The third-order valence-corrected chi connectivity index (χ3v) is 13.3. The lowest BCUT2D eigenvalue weighted by atomic mass is 9.72. The van der Waals surface area contributed by atoms with Crippen LogP contribution in [-0.4, -0.2) is 35.7 Å². The minimum atomic E-state index is -3.27. The van der Waals surface area contributed by atoms with E-state index >= 15 is 4.79 Å². The molecular formula is C40H29O5P. The topological polar surface area (TPSA) is 77.5 Å². The van der Waals surface area contributed by atoms with Crippen LogP contribution in [0.25, 0.3) is 5.57 Å². The van der Waals surface area contributed by atoms with Crippen LogP contribution >= 0.6 is 6.89 Å². The zero-order valence-electron chi connectivity index (χ0n) is 25.3. The van der Waals surface area contributed by atoms with E-state index in [-0.39, 0.29) is 27.6 Å². The highest BCUT2D eigenvalue weighted by molar-refractivity contribution is 7.97. The summed E-state index contributed by atoms with van der Waals surface area (Å²) in [4.78, 5) is 59.8. The molecule has 0 aliphatic heterocycles. The van der Waals surface area contributed by atoms with Crippen LogP contribution in [-0.2, 0) is 14.3 Å². The van der Waals surface area contributed by atoms with Crippen molar-refractivity contribution in [2.24, 2.45) is 5.41 Å². The van der Waals surface area contributed by atoms with Gasteiger partial charge in [-0.1, -0.05) is 145 Å². The van der Waals surface area contributed by atoms with Crippen molar-refractivity contribution in [1.29, 1.82) is 0 Å². The lowest BCUT2D eigenvalue weighted by molar-refractivity contribution is -0.135. The average molecular weight is 621 g/mol. The summed E-state index contributed by atoms with van der Waals surface area (Å²) in [5.41, 5.74) is -0.612. The number of ether oxygens (including phenoxy) is 1. The van der Waals surface area contributed by atoms with E-state index in [9.17, 15) is 14.4 Å². The third kappa shape index (κ3) is 3.95. The molecule has 1 spiro atoms. The highest BCUT2D eigenvalue weighted by Gasteiger charge is 2.67. The number of rotatable bonds is 5. The minimum Gasteiger partial charge on any atom is -0.465 e. The molecule has 2 aliphatic rings. The highest BCUT2D eigenvalue weighted by Crippen LogP contribution is 2.59. The number of carbonyl (C=O) groups is 4. The average Bonchev–Trinajstić information content (AvgIpc) is 3.50. The zero-order chi connectivity index (χ0) is 32.1. The van der Waals surface area contributed by atoms with E-state index in [1.54, 1.807) is 36.4 Å². The minimum absolute atomic E-state index is 0.0301. The first-order valence-corrected chi connectivity index (χ1v) is 16.7. The van der Waals surface area contributed by atoms with Crippen molar-refractivity contribution in [3.8, 4) is 0 Å². The molecule has 0 saturated heterocycles. The lowest BCUT2D eigenvalue weighted by Crippen LogP contribution is -2.44. The molecule has 0 fully saturated rings. The largest absolute Gasteiger partial charge is 0.465 e. The predicted molar refractivity (Wildman–Crippen MR) is 183 cm³/mol. The maximum atomic E-state index is 15.8. The van der Waals surface area contributed by atoms with E-state index in [2.05, 4.69) is 0 Å². The van der Waals surface area contributed by atoms with Gasteiger partial charge in [0.15, 0.2) is 22.8 Å². The number of Topliss-reactive ketones (excluding diaryl/α,β-unsaturated/α-hetero) is 3. The Hall–Kier alpha value is -5.38. The van der Waals surface area contributed by atoms with Crippen molar-refractivity contribution in [3.63, 3.8) is 0 Å². The number of hydrogen-bond donors (Lipinski definition) is 0. The van der Waals surface area contributed by atoms with Crippen LogP contribution in [0.1, 0.15) is 31.8 Å². The normalized spacial score (nSPS) is 15.4. The number of aryl methyl sites for hydroxylation is 1. The number of esters is 1. The van der Waals surface area contributed by atoms with Crippen molar-refractivity contribution in [2.45, 2.75) is 6.92 Å². The molecule has 224 valence electrons. The molecular weight excluding hydrogens is 591 g/mol. The fourth-order valence-electron chi connectivity index (χ4n) is 7.10. The molecule has 0 unspecified atom stereocenters. The first-order chi connectivity index (χ1) is 22.4. The number of allylic oxidation sites excluding steroid dienone is 1. The fourth-order valence-corrected chi connectivity index (χ4v) is 11.6. The molecule has 0 amide bonds. The molecule has 0 aromatic heterocycles. The zero-order valence-corrected chi connectivity index (χ0v) is 26.2. The predicted octanol–water partition coefficient (Wildman–Crippen LogP) is 5.74. The van der Waals surface area contributed by atoms with Crippen LogP contribution in [0.15, 0.2) is 145 Å². The molecule has 5 aromatic carbocycles. The van der Waals surface area contributed by atoms with Gasteiger partial charge in [-0.15, -0.1) is 0 Å². The lowest BCUT2D eigenvalue weighted by Gasteiger charge is -2.32. The van der Waals surface area contributed by atoms with Crippen molar-refractivity contribution < 1.29 is 23.9 Å². The van der Waals surface area contributed by atoms with Crippen molar-refractivity contribution >= 4 is 57.0 Å². The Morgan fingerprint density at radius 2 is 1.04 bits per heavy atom. The summed E-state index contributed by atoms with van der Waals surface area (Å²) >= 11 is 0. The first kappa shape index (κ1) is 29.3. The quantitative estimate of drug-likeness (QED) is 0.142. The molecule has 7 rings (SSSR count). The number of ketones is 3. The maximum absolute atomic E-state index is 15.8. The highest BCUT2D eigenvalue weighted by atomic mass is 31.2. The van der Waals surface area contributed by atoms with E-state index in [0.717, 1.165) is 21.5 Å². The first-order valence-electron chi connectivity index (χ1n) is 15.0. The van der Waals surface area contributed by atoms with Crippen molar-refractivity contribution in [2.75, 3.05) is 7.11 Å². The second-order valence-corrected chi connectivity index (χ2v) is 14.8. The number of fused-ring (bicyclic) bond motifs is 1. The van der Waals surface area contributed by atoms with Crippen LogP contribution < -0.4 is 15.9 Å². The van der Waals surface area contributed by atoms with Gasteiger partial charge in [0, 0.05) is 22.0 Å². The van der Waals surface area contributed by atoms with Gasteiger partial charge >= 0.3 is 5.97 Å². The van der Waals surface area contributed by atoms with Crippen LogP contribution in [0, 0.1) is 12.3 Å². The number of carbonyl (C=O) groups excluding carboxylic acids is 4. The Kier molecular flexibility index (Phi) is 7.15. The summed E-state index contributed by atoms with van der Waals surface area (Å²) in [7, 11) is 1.26. The summed E-state index contributed by atoms with van der Waals surface area (Å²) in [6, 6.07) is 42.6. The van der Waals surface area contributed by atoms with Gasteiger partial charge in [0.1, 0.15) is 0 Å². The van der Waals surface area contributed by atoms with Gasteiger partial charge in [0.05, 0.1) is 12.7 Å². The molecule has 46 heavy (non-hydrogen) atoms. The molecule has 5 nitrogen and oxygen atoms in total. The van der Waals surface area contributed by atoms with Gasteiger partial charge < -0.3 is 4.74 Å². The van der Waals surface area contributed by atoms with E-state index in [0.29, 0.717) is 5.56 Å². The van der Waals surface area contributed by atoms with Gasteiger partial charge in [-0.2, -0.15) is 0 Å². The molecule has 0 bridgehead atoms. The molecule has 0 heterocycles. The second kappa shape index (κ2) is 11.2. The molecule has 0 radical (unpaired) electrons. The van der Waals surface area contributed by atoms with Crippen molar-refractivity contribution in [1.82, 2.24) is 0 Å². The van der Waals surface area contributed by atoms with Crippen molar-refractivity contribution in [3.05, 3.63) is 167 Å². The summed E-state index contributed by atoms with van der Waals surface area (Å²) in [6.45, 7) is -1.39. The Morgan fingerprint density at radius 1 is 0.587 bits per heavy atom. The molecule has 6 heteroatoms. The third-order valence-electron chi connectivity index (χ3n) is 8.98. The summed E-state index contributed by atoms with van der Waals surface area (Å²) in [5.74, 6) is -2.71. The Labute approximate surface area is 267 Å². The fraction of sp³-hybridized carbons (Fsp3) is 0.0750. The monoisotopic (exact) mass is 620 g/mol. The van der Waals surface area contributed by atoms with E-state index in [1.807, 2.05) is 110 Å². The summed E-state index contributed by atoms with van der Waals surface area (Å²) in [5, 5.41) is 2.53. The molecule has 0 saturated carbocycles. The van der Waals surface area contributed by atoms with Crippen LogP contribution in [0.3, 0.4) is 0 Å². The smallest absolute Gasteiger partial charge is 0.339 e. The van der Waals surface area contributed by atoms with Gasteiger partial charge in [-0.3, -0.25) is 14.4 Å². The number of hydrogen-bond acceptors (Lipinski definition) is 5. The standard InChI is InChI=1S/C40H29O5P/c1-26-15-14-16-27(25-26)34-33(39(44)45-2)35(38(43)40(34)36(41)31-23-12-13-24-32(31)37(40)42)46(28-17-6-3-7-18-28,29-19-8-4-9-20-29)30-21-10-5-11-22-30/h3-25H,1-2H3. The van der Waals surface area contributed by atoms with Gasteiger partial charge in [-0.25, -0.2) is 4.79 Å². The Morgan fingerprint density at radius 3 is 1.48 bits per heavy atom. The van der Waals surface area contributed by atoms with Crippen LogP contribution in [0.5, 0.6) is 0 Å². The molecule has 2 aliphatic carbocycles. The maximum Gasteiger partial charge on any atom is 0.339 e. The Balaban J connectivity index is 1.80. The van der Waals surface area contributed by atoms with Gasteiger partial charge in [0.25, 0.3) is 0 Å². The molecule has 0 N–H and O–H groups in total. The van der Waals surface area contributed by atoms with Crippen LogP contribution in [0.4, 0.5) is 0 Å². The molecule has 0 atom stereocenters. The van der Waals surface area contributed by atoms with Crippen LogP contribution in [0.2, 0.25) is 0 Å². The van der Waals surface area contributed by atoms with Gasteiger partial charge in [0.2, 0.25) is 0 Å². The number of benzene rings is 5. The van der Waals surface area contributed by atoms with E-state index in [4.69, 9.17) is 4.74 Å². The second-order valence-electron chi connectivity index (χ2n) is 11.4. The SMILES string of the molecule is COC(=O)C1=C(c2cccc(C)c2)C2(C(=O)C1=P(c1ccccc1)(c1ccccc1)c1ccccc1)C(=O)c1ccccc1C2=O. The van der Waals surface area contributed by atoms with E-state index < -0.39 is 35.6 Å².